The van der Waals surface area contributed by atoms with Crippen molar-refractivity contribution in [2.75, 3.05) is 19.8 Å². The first-order valence-electron chi connectivity index (χ1n) is 11.2. The molecule has 0 saturated heterocycles. The fourth-order valence-corrected chi connectivity index (χ4v) is 7.68. The second-order valence-corrected chi connectivity index (χ2v) is 10.5. The Kier molecular flexibility index (Phi) is 5.20. The predicted octanol–water partition coefficient (Wildman–Crippen LogP) is 2.36. The maximum Gasteiger partial charge on any atom is 0.139 e. The van der Waals surface area contributed by atoms with Crippen LogP contribution < -0.4 is 11.2 Å². The lowest BCUT2D eigenvalue weighted by Crippen LogP contribution is -2.61. The summed E-state index contributed by atoms with van der Waals surface area (Å²) < 4.78 is 0. The number of allylic oxidation sites excluding steroid dienone is 1. The van der Waals surface area contributed by atoms with E-state index in [1.807, 2.05) is 6.92 Å². The summed E-state index contributed by atoms with van der Waals surface area (Å²) in [6.07, 6.45) is 6.95. The monoisotopic (exact) mass is 404 g/mol. The minimum Gasteiger partial charge on any atom is -0.395 e. The zero-order valence-corrected chi connectivity index (χ0v) is 18.0. The quantitative estimate of drug-likeness (QED) is 0.480. The summed E-state index contributed by atoms with van der Waals surface area (Å²) in [7, 11) is 0. The highest BCUT2D eigenvalue weighted by Gasteiger charge is 2.65. The molecule has 0 radical (unpaired) electrons. The fraction of sp³-hybridized carbons (Fsp3) is 0.826. The molecular formula is C23H36N2O4. The van der Waals surface area contributed by atoms with Gasteiger partial charge in [0.15, 0.2) is 0 Å². The predicted molar refractivity (Wildman–Crippen MR) is 109 cm³/mol. The van der Waals surface area contributed by atoms with E-state index < -0.39 is 5.41 Å². The first-order valence-corrected chi connectivity index (χ1v) is 11.2. The molecule has 0 heterocycles. The highest BCUT2D eigenvalue weighted by atomic mass is 16.6. The largest absolute Gasteiger partial charge is 0.395 e. The molecule has 162 valence electrons. The number of nitrogens with two attached hydrogens (primary N) is 1. The second-order valence-electron chi connectivity index (χ2n) is 10.5. The van der Waals surface area contributed by atoms with E-state index >= 15 is 0 Å². The molecule has 2 unspecified atom stereocenters. The number of hydrogen-bond donors (Lipinski definition) is 3. The van der Waals surface area contributed by atoms with Crippen LogP contribution in [0.4, 0.5) is 0 Å². The van der Waals surface area contributed by atoms with Crippen molar-refractivity contribution in [2.45, 2.75) is 59.3 Å². The normalized spacial score (nSPS) is 46.6. The van der Waals surface area contributed by atoms with E-state index in [1.54, 1.807) is 0 Å². The summed E-state index contributed by atoms with van der Waals surface area (Å²) in [6.45, 7) is 7.02. The summed E-state index contributed by atoms with van der Waals surface area (Å²) in [6, 6.07) is 0. The van der Waals surface area contributed by atoms with Gasteiger partial charge >= 0.3 is 0 Å². The molecule has 0 aromatic carbocycles. The number of carbonyl (C=O) groups is 2. The first kappa shape index (κ1) is 21.0. The van der Waals surface area contributed by atoms with Crippen LogP contribution >= 0.6 is 0 Å². The van der Waals surface area contributed by atoms with Crippen LogP contribution in [-0.4, -0.2) is 36.4 Å². The van der Waals surface area contributed by atoms with Gasteiger partial charge < -0.3 is 10.8 Å². The molecule has 3 saturated carbocycles. The SMILES string of the molecule is CC1(CO)C(NOCCN)=CC[C@@]2(C)C1C(=O)C[C@@H]1[C@@H]2CC[C@]2(C)C(=O)CC[C@@H]12. The van der Waals surface area contributed by atoms with Gasteiger partial charge in [-0.15, -0.1) is 0 Å². The maximum atomic E-state index is 13.6. The van der Waals surface area contributed by atoms with Crippen molar-refractivity contribution in [1.82, 2.24) is 5.48 Å². The van der Waals surface area contributed by atoms with Crippen LogP contribution in [0.3, 0.4) is 0 Å². The van der Waals surface area contributed by atoms with Crippen LogP contribution in [-0.2, 0) is 14.4 Å². The minimum absolute atomic E-state index is 0.110. The van der Waals surface area contributed by atoms with Gasteiger partial charge in [0.05, 0.1) is 13.2 Å². The molecule has 3 fully saturated rings. The van der Waals surface area contributed by atoms with E-state index in [0.717, 1.165) is 31.4 Å². The third kappa shape index (κ3) is 2.86. The van der Waals surface area contributed by atoms with Crippen molar-refractivity contribution < 1.29 is 19.5 Å². The lowest BCUT2D eigenvalue weighted by Gasteiger charge is -2.61. The van der Waals surface area contributed by atoms with Gasteiger partial charge in [-0.25, -0.2) is 0 Å². The second kappa shape index (κ2) is 7.17. The molecule has 0 aromatic heterocycles. The molecule has 0 aromatic rings. The lowest BCUT2D eigenvalue weighted by molar-refractivity contribution is -0.165. The van der Waals surface area contributed by atoms with Gasteiger partial charge in [0.1, 0.15) is 11.6 Å². The molecule has 0 aliphatic heterocycles. The summed E-state index contributed by atoms with van der Waals surface area (Å²) in [5, 5.41) is 10.4. The number of aliphatic hydroxyl groups is 1. The standard InChI is InChI=1S/C23H36N2O4/c1-21-8-6-16-14(15(21)4-5-19(21)28)12-17(27)20-22(16,2)9-7-18(23(20,3)13-26)25-29-11-10-24/h7,14-16,20,25-26H,4-6,8-13,24H2,1-3H3/t14-,15-,16-,20?,21-,22+,23?/m0/s1. The smallest absolute Gasteiger partial charge is 0.139 e. The lowest BCUT2D eigenvalue weighted by atomic mass is 9.42. The molecule has 7 atom stereocenters. The van der Waals surface area contributed by atoms with Gasteiger partial charge in [0, 0.05) is 41.8 Å². The number of fused-ring (bicyclic) bond motifs is 5. The summed E-state index contributed by atoms with van der Waals surface area (Å²) >= 11 is 0. The van der Waals surface area contributed by atoms with E-state index in [9.17, 15) is 14.7 Å². The van der Waals surface area contributed by atoms with Gasteiger partial charge in [0.2, 0.25) is 0 Å². The van der Waals surface area contributed by atoms with Gasteiger partial charge in [-0.05, 0) is 48.9 Å². The van der Waals surface area contributed by atoms with Crippen LogP contribution in [0.2, 0.25) is 0 Å². The van der Waals surface area contributed by atoms with Crippen LogP contribution in [0.1, 0.15) is 59.3 Å². The molecule has 4 aliphatic carbocycles. The number of Topliss-reactive ketones (excluding diaryl/α,β-unsaturated/α-hetero) is 2. The summed E-state index contributed by atoms with van der Waals surface area (Å²) in [5.74, 6) is 1.40. The average Bonchev–Trinajstić information content (AvgIpc) is 2.99. The fourth-order valence-electron chi connectivity index (χ4n) is 7.68. The first-order chi connectivity index (χ1) is 13.7. The molecule has 29 heavy (non-hydrogen) atoms. The zero-order valence-electron chi connectivity index (χ0n) is 18.0. The number of nitrogens with one attached hydrogen (secondary N) is 1. The molecule has 6 heteroatoms. The van der Waals surface area contributed by atoms with E-state index in [0.29, 0.717) is 43.6 Å². The Morgan fingerprint density at radius 1 is 1.24 bits per heavy atom. The van der Waals surface area contributed by atoms with Crippen molar-refractivity contribution in [3.8, 4) is 0 Å². The number of ketones is 2. The minimum atomic E-state index is -0.699. The van der Waals surface area contributed by atoms with E-state index in [4.69, 9.17) is 10.6 Å². The molecular weight excluding hydrogens is 368 g/mol. The van der Waals surface area contributed by atoms with E-state index in [1.165, 1.54) is 0 Å². The average molecular weight is 405 g/mol. The van der Waals surface area contributed by atoms with Crippen molar-refractivity contribution >= 4 is 11.6 Å². The van der Waals surface area contributed by atoms with Crippen molar-refractivity contribution in [2.24, 2.45) is 45.7 Å². The molecule has 4 rings (SSSR count). The molecule has 0 spiro atoms. The molecule has 0 bridgehead atoms. The van der Waals surface area contributed by atoms with Gasteiger partial charge in [-0.1, -0.05) is 26.8 Å². The van der Waals surface area contributed by atoms with Gasteiger partial charge in [-0.2, -0.15) is 0 Å². The number of hydrogen-bond acceptors (Lipinski definition) is 6. The van der Waals surface area contributed by atoms with Crippen LogP contribution in [0.15, 0.2) is 11.8 Å². The Balaban J connectivity index is 1.69. The highest BCUT2D eigenvalue weighted by molar-refractivity contribution is 5.88. The molecule has 0 amide bonds. The van der Waals surface area contributed by atoms with Crippen LogP contribution in [0.5, 0.6) is 0 Å². The number of aliphatic hydroxyl groups excluding tert-OH is 1. The van der Waals surface area contributed by atoms with E-state index in [-0.39, 0.29) is 35.1 Å². The maximum absolute atomic E-state index is 13.6. The van der Waals surface area contributed by atoms with Crippen molar-refractivity contribution in [3.63, 3.8) is 0 Å². The van der Waals surface area contributed by atoms with E-state index in [2.05, 4.69) is 25.4 Å². The number of rotatable bonds is 5. The van der Waals surface area contributed by atoms with Crippen LogP contribution in [0, 0.1) is 39.9 Å². The Morgan fingerprint density at radius 2 is 2.00 bits per heavy atom. The molecule has 4 N–H and O–H groups in total. The van der Waals surface area contributed by atoms with Crippen molar-refractivity contribution in [3.05, 3.63) is 11.8 Å². The highest BCUT2D eigenvalue weighted by Crippen LogP contribution is 2.66. The summed E-state index contributed by atoms with van der Waals surface area (Å²) in [4.78, 5) is 31.7. The van der Waals surface area contributed by atoms with Gasteiger partial charge in [-0.3, -0.25) is 19.9 Å². The Labute approximate surface area is 173 Å². The number of carbonyl (C=O) groups excluding carboxylic acids is 2. The summed E-state index contributed by atoms with van der Waals surface area (Å²) in [5.41, 5.74) is 8.15. The number of hydroxylamine groups is 1. The molecule has 4 aliphatic rings. The Hall–Kier alpha value is -1.24. The molecule has 6 nitrogen and oxygen atoms in total. The Bertz CT molecular complexity index is 736. The Morgan fingerprint density at radius 3 is 2.69 bits per heavy atom. The van der Waals surface area contributed by atoms with Gasteiger partial charge in [0.25, 0.3) is 0 Å². The third-order valence-electron chi connectivity index (χ3n) is 9.14. The topological polar surface area (TPSA) is 102 Å². The third-order valence-corrected chi connectivity index (χ3v) is 9.14. The zero-order chi connectivity index (χ0) is 21.0. The van der Waals surface area contributed by atoms with Crippen LogP contribution in [0.25, 0.3) is 0 Å². The van der Waals surface area contributed by atoms with Crippen molar-refractivity contribution in [1.29, 1.82) is 0 Å².